The smallest absolute Gasteiger partial charge is 0.125 e. The van der Waals surface area contributed by atoms with Gasteiger partial charge >= 0.3 is 0 Å². The van der Waals surface area contributed by atoms with Crippen molar-refractivity contribution in [1.29, 1.82) is 0 Å². The first-order valence-electron chi connectivity index (χ1n) is 6.42. The zero-order valence-corrected chi connectivity index (χ0v) is 11.8. The zero-order valence-electron chi connectivity index (χ0n) is 11.0. The number of quaternary nitrogens is 1. The Balaban J connectivity index is 0.000000205. The molecule has 0 aliphatic carbocycles. The van der Waals surface area contributed by atoms with Crippen LogP contribution in [0.2, 0.25) is 0 Å². The fourth-order valence-electron chi connectivity index (χ4n) is 1.99. The van der Waals surface area contributed by atoms with Gasteiger partial charge in [0.1, 0.15) is 10.1 Å². The van der Waals surface area contributed by atoms with Crippen LogP contribution in [-0.2, 0) is 14.9 Å². The molecule has 2 aromatic rings. The molecule has 1 aliphatic heterocycles. The van der Waals surface area contributed by atoms with Crippen LogP contribution in [0.25, 0.3) is 10.8 Å². The molecule has 0 atom stereocenters. The van der Waals surface area contributed by atoms with Crippen molar-refractivity contribution in [3.63, 3.8) is 0 Å². The van der Waals surface area contributed by atoms with Crippen LogP contribution in [0.3, 0.4) is 0 Å². The van der Waals surface area contributed by atoms with Crippen LogP contribution in [0.4, 0.5) is 0 Å². The lowest BCUT2D eigenvalue weighted by molar-refractivity contribution is -0.670. The van der Waals surface area contributed by atoms with Gasteiger partial charge in [0.25, 0.3) is 0 Å². The van der Waals surface area contributed by atoms with Gasteiger partial charge in [-0.3, -0.25) is 0 Å². The van der Waals surface area contributed by atoms with Gasteiger partial charge in [-0.2, -0.15) is 0 Å². The van der Waals surface area contributed by atoms with Gasteiger partial charge in [0, 0.05) is 0 Å². The summed E-state index contributed by atoms with van der Waals surface area (Å²) in [7, 11) is -4.38. The van der Waals surface area contributed by atoms with E-state index in [0.717, 1.165) is 31.7 Å². The number of rotatable bonds is 1. The maximum absolute atomic E-state index is 10.9. The van der Waals surface area contributed by atoms with E-state index in [1.54, 1.807) is 36.4 Å². The highest BCUT2D eigenvalue weighted by molar-refractivity contribution is 7.86. The number of fused-ring (bicyclic) bond motifs is 1. The first-order chi connectivity index (χ1) is 9.59. The summed E-state index contributed by atoms with van der Waals surface area (Å²) < 4.78 is 37.7. The summed E-state index contributed by atoms with van der Waals surface area (Å²) in [4.78, 5) is -0.157. The third-order valence-electron chi connectivity index (χ3n) is 2.95. The van der Waals surface area contributed by atoms with Crippen molar-refractivity contribution < 1.29 is 23.0 Å². The summed E-state index contributed by atoms with van der Waals surface area (Å²) in [5.41, 5.74) is 0. The molecule has 2 N–H and O–H groups in total. The Labute approximate surface area is 118 Å². The first-order valence-corrected chi connectivity index (χ1v) is 7.83. The number of hydrogen-bond acceptors (Lipinski definition) is 4. The lowest BCUT2D eigenvalue weighted by atomic mass is 10.1. The number of morpholine rings is 1. The molecule has 0 amide bonds. The molecular formula is C14H17NO4S. The normalized spacial score (nSPS) is 15.4. The molecule has 108 valence electrons. The highest BCUT2D eigenvalue weighted by Crippen LogP contribution is 2.21. The second-order valence-electron chi connectivity index (χ2n) is 4.41. The van der Waals surface area contributed by atoms with Crippen molar-refractivity contribution in [2.45, 2.75) is 4.90 Å². The lowest BCUT2D eigenvalue weighted by Crippen LogP contribution is -2.87. The van der Waals surface area contributed by atoms with Gasteiger partial charge in [0.05, 0.1) is 31.2 Å². The molecule has 0 aromatic heterocycles. The molecule has 0 bridgehead atoms. The standard InChI is InChI=1S/C10H8O3S.C4H9NO/c11-14(12,13)10-7-3-5-8-4-1-2-6-9(8)10;1-3-6-4-2-5-1/h1-7H,(H,11,12,13);5H,1-4H2. The number of nitrogens with two attached hydrogens (primary N) is 1. The molecule has 2 aromatic carbocycles. The van der Waals surface area contributed by atoms with Gasteiger partial charge in [0.15, 0.2) is 0 Å². The Morgan fingerprint density at radius 3 is 2.20 bits per heavy atom. The molecule has 1 fully saturated rings. The third-order valence-corrected chi connectivity index (χ3v) is 3.85. The van der Waals surface area contributed by atoms with Gasteiger partial charge in [-0.1, -0.05) is 36.4 Å². The molecular weight excluding hydrogens is 278 g/mol. The van der Waals surface area contributed by atoms with Gasteiger partial charge in [-0.25, -0.2) is 8.42 Å². The number of ether oxygens (including phenoxy) is 1. The summed E-state index contributed by atoms with van der Waals surface area (Å²) in [6.45, 7) is 4.19. The molecule has 1 aliphatic rings. The zero-order chi connectivity index (χ0) is 14.4. The molecule has 1 heterocycles. The molecule has 0 spiro atoms. The summed E-state index contributed by atoms with van der Waals surface area (Å²) in [5.74, 6) is 0. The van der Waals surface area contributed by atoms with E-state index in [4.69, 9.17) is 4.74 Å². The average Bonchev–Trinajstić information content (AvgIpc) is 2.48. The minimum Gasteiger partial charge on any atom is -0.744 e. The highest BCUT2D eigenvalue weighted by atomic mass is 32.2. The molecule has 3 rings (SSSR count). The Kier molecular flexibility index (Phi) is 5.08. The maximum Gasteiger partial charge on any atom is 0.125 e. The van der Waals surface area contributed by atoms with Crippen LogP contribution in [-0.4, -0.2) is 39.3 Å². The SMILES string of the molecule is C1COCC[NH2+]1.O=S(=O)([O-])c1cccc2ccccc12. The first kappa shape index (κ1) is 14.9. The van der Waals surface area contributed by atoms with Gasteiger partial charge in [0.2, 0.25) is 0 Å². The van der Waals surface area contributed by atoms with Gasteiger partial charge in [-0.05, 0) is 16.8 Å². The second kappa shape index (κ2) is 6.81. The van der Waals surface area contributed by atoms with E-state index in [1.807, 2.05) is 0 Å². The fourth-order valence-corrected chi connectivity index (χ4v) is 2.69. The van der Waals surface area contributed by atoms with Crippen molar-refractivity contribution in [3.05, 3.63) is 42.5 Å². The fraction of sp³-hybridized carbons (Fsp3) is 0.286. The Morgan fingerprint density at radius 1 is 1.00 bits per heavy atom. The molecule has 1 saturated heterocycles. The van der Waals surface area contributed by atoms with E-state index in [1.165, 1.54) is 6.07 Å². The van der Waals surface area contributed by atoms with Crippen LogP contribution >= 0.6 is 0 Å². The maximum atomic E-state index is 10.9. The second-order valence-corrected chi connectivity index (χ2v) is 5.76. The molecule has 6 heteroatoms. The lowest BCUT2D eigenvalue weighted by Gasteiger charge is -2.09. The van der Waals surface area contributed by atoms with E-state index in [2.05, 4.69) is 5.32 Å². The van der Waals surface area contributed by atoms with E-state index in [0.29, 0.717) is 5.39 Å². The monoisotopic (exact) mass is 295 g/mol. The molecule has 5 nitrogen and oxygen atoms in total. The summed E-state index contributed by atoms with van der Waals surface area (Å²) in [6.07, 6.45) is 0. The minimum absolute atomic E-state index is 0.157. The van der Waals surface area contributed by atoms with Crippen molar-refractivity contribution in [3.8, 4) is 0 Å². The predicted octanol–water partition coefficient (Wildman–Crippen LogP) is 0.324. The Bertz CT molecular complexity index is 649. The van der Waals surface area contributed by atoms with Crippen LogP contribution < -0.4 is 5.32 Å². The van der Waals surface area contributed by atoms with Crippen LogP contribution in [0.5, 0.6) is 0 Å². The molecule has 0 unspecified atom stereocenters. The van der Waals surface area contributed by atoms with Crippen molar-refractivity contribution in [2.75, 3.05) is 26.3 Å². The van der Waals surface area contributed by atoms with Crippen molar-refractivity contribution >= 4 is 20.9 Å². The van der Waals surface area contributed by atoms with Crippen molar-refractivity contribution in [1.82, 2.24) is 0 Å². The van der Waals surface area contributed by atoms with E-state index >= 15 is 0 Å². The van der Waals surface area contributed by atoms with Crippen molar-refractivity contribution in [2.24, 2.45) is 0 Å². The number of benzene rings is 2. The highest BCUT2D eigenvalue weighted by Gasteiger charge is 2.05. The van der Waals surface area contributed by atoms with E-state index in [-0.39, 0.29) is 4.90 Å². The van der Waals surface area contributed by atoms with Crippen LogP contribution in [0, 0.1) is 0 Å². The summed E-state index contributed by atoms with van der Waals surface area (Å²) in [5, 5.41) is 3.50. The number of hydrogen-bond donors (Lipinski definition) is 1. The van der Waals surface area contributed by atoms with Gasteiger partial charge < -0.3 is 14.6 Å². The van der Waals surface area contributed by atoms with E-state index < -0.39 is 10.1 Å². The average molecular weight is 295 g/mol. The van der Waals surface area contributed by atoms with Crippen LogP contribution in [0.15, 0.2) is 47.4 Å². The third kappa shape index (κ3) is 4.01. The summed E-state index contributed by atoms with van der Waals surface area (Å²) in [6, 6.07) is 11.5. The molecule has 0 radical (unpaired) electrons. The van der Waals surface area contributed by atoms with E-state index in [9.17, 15) is 13.0 Å². The largest absolute Gasteiger partial charge is 0.744 e. The van der Waals surface area contributed by atoms with Gasteiger partial charge in [-0.15, -0.1) is 0 Å². The molecule has 0 saturated carbocycles. The van der Waals surface area contributed by atoms with Crippen LogP contribution in [0.1, 0.15) is 0 Å². The summed E-state index contributed by atoms with van der Waals surface area (Å²) >= 11 is 0. The molecule has 20 heavy (non-hydrogen) atoms. The quantitative estimate of drug-likeness (QED) is 0.768. The topological polar surface area (TPSA) is 83.0 Å². The Hall–Kier alpha value is -1.47. The predicted molar refractivity (Wildman–Crippen MR) is 74.4 cm³/mol. The minimum atomic E-state index is -4.38. The Morgan fingerprint density at radius 2 is 1.65 bits per heavy atom.